The smallest absolute Gasteiger partial charge is 0.253 e. The molecular formula is C35H41Cl2N3O2. The molecule has 7 heteroatoms. The zero-order chi connectivity index (χ0) is 29.6. The minimum absolute atomic E-state index is 0.0369. The van der Waals surface area contributed by atoms with Crippen LogP contribution in [0.15, 0.2) is 78.9 Å². The van der Waals surface area contributed by atoms with Gasteiger partial charge in [0.1, 0.15) is 0 Å². The van der Waals surface area contributed by atoms with Gasteiger partial charge in [0.25, 0.3) is 5.91 Å². The van der Waals surface area contributed by atoms with Gasteiger partial charge >= 0.3 is 0 Å². The van der Waals surface area contributed by atoms with Crippen LogP contribution in [0.25, 0.3) is 0 Å². The maximum Gasteiger partial charge on any atom is 0.253 e. The van der Waals surface area contributed by atoms with Crippen LogP contribution in [0.2, 0.25) is 10.0 Å². The van der Waals surface area contributed by atoms with Crippen molar-refractivity contribution in [2.24, 2.45) is 0 Å². The number of carbonyl (C=O) groups excluding carboxylic acids is 2. The van der Waals surface area contributed by atoms with E-state index < -0.39 is 0 Å². The molecule has 3 aromatic carbocycles. The third kappa shape index (κ3) is 7.37. The second-order valence-corrected chi connectivity index (χ2v) is 13.0. The molecule has 2 saturated heterocycles. The lowest BCUT2D eigenvalue weighted by molar-refractivity contribution is -0.121. The summed E-state index contributed by atoms with van der Waals surface area (Å²) in [5.41, 5.74) is 2.77. The highest BCUT2D eigenvalue weighted by Crippen LogP contribution is 2.41. The van der Waals surface area contributed by atoms with E-state index in [1.807, 2.05) is 53.4 Å². The zero-order valence-corrected chi connectivity index (χ0v) is 26.0. The predicted octanol–water partition coefficient (Wildman–Crippen LogP) is 7.16. The summed E-state index contributed by atoms with van der Waals surface area (Å²) in [5.74, 6) is 0.123. The Morgan fingerprint density at radius 2 is 1.55 bits per heavy atom. The van der Waals surface area contributed by atoms with Crippen LogP contribution in [0, 0.1) is 0 Å². The van der Waals surface area contributed by atoms with Crippen molar-refractivity contribution in [3.8, 4) is 0 Å². The lowest BCUT2D eigenvalue weighted by atomic mass is 9.70. The zero-order valence-electron chi connectivity index (χ0n) is 24.5. The van der Waals surface area contributed by atoms with Crippen LogP contribution in [0.5, 0.6) is 0 Å². The van der Waals surface area contributed by atoms with Gasteiger partial charge in [0, 0.05) is 49.6 Å². The first-order valence-corrected chi connectivity index (χ1v) is 15.9. The molecule has 2 fully saturated rings. The molecule has 2 heterocycles. The summed E-state index contributed by atoms with van der Waals surface area (Å²) < 4.78 is 0. The van der Waals surface area contributed by atoms with E-state index in [2.05, 4.69) is 40.5 Å². The van der Waals surface area contributed by atoms with Gasteiger partial charge in [0.15, 0.2) is 0 Å². The van der Waals surface area contributed by atoms with Crippen LogP contribution < -0.4 is 5.32 Å². The van der Waals surface area contributed by atoms with Crippen LogP contribution in [0.4, 0.5) is 0 Å². The molecule has 2 aliphatic rings. The van der Waals surface area contributed by atoms with Crippen LogP contribution in [0.3, 0.4) is 0 Å². The molecule has 1 N–H and O–H groups in total. The summed E-state index contributed by atoms with van der Waals surface area (Å²) in [4.78, 5) is 30.2. The Morgan fingerprint density at radius 3 is 2.21 bits per heavy atom. The van der Waals surface area contributed by atoms with Gasteiger partial charge in [0.05, 0.1) is 10.0 Å². The van der Waals surface area contributed by atoms with Crippen molar-refractivity contribution in [1.29, 1.82) is 0 Å². The van der Waals surface area contributed by atoms with E-state index in [4.69, 9.17) is 23.2 Å². The summed E-state index contributed by atoms with van der Waals surface area (Å²) in [5, 5.41) is 4.42. The van der Waals surface area contributed by atoms with Crippen LogP contribution in [-0.4, -0.2) is 59.9 Å². The van der Waals surface area contributed by atoms with Gasteiger partial charge in [0.2, 0.25) is 5.91 Å². The molecule has 5 rings (SSSR count). The number of nitrogens with zero attached hydrogens (tertiary/aromatic N) is 2. The monoisotopic (exact) mass is 605 g/mol. The van der Waals surface area contributed by atoms with Crippen molar-refractivity contribution in [2.45, 2.75) is 62.8 Å². The summed E-state index contributed by atoms with van der Waals surface area (Å²) in [6.45, 7) is 5.93. The van der Waals surface area contributed by atoms with Gasteiger partial charge in [-0.15, -0.1) is 0 Å². The van der Waals surface area contributed by atoms with Crippen molar-refractivity contribution in [1.82, 2.24) is 15.1 Å². The fourth-order valence-electron chi connectivity index (χ4n) is 7.03. The Morgan fingerprint density at radius 1 is 0.857 bits per heavy atom. The number of hydrogen-bond acceptors (Lipinski definition) is 3. The SMILES string of the molecule is CC(=O)NC1(Cc2ccccc2)CCN(CCCC2(c3ccc(Cl)c(Cl)c3)CCCN(C(=O)c3ccccc3)C2)CC1. The Labute approximate surface area is 260 Å². The topological polar surface area (TPSA) is 52.7 Å². The van der Waals surface area contributed by atoms with Crippen LogP contribution in [-0.2, 0) is 16.6 Å². The van der Waals surface area contributed by atoms with Crippen LogP contribution >= 0.6 is 23.2 Å². The molecule has 0 bridgehead atoms. The highest BCUT2D eigenvalue weighted by Gasteiger charge is 2.40. The Kier molecular flexibility index (Phi) is 9.92. The Hall–Kier alpha value is -2.86. The summed E-state index contributed by atoms with van der Waals surface area (Å²) in [7, 11) is 0. The third-order valence-electron chi connectivity index (χ3n) is 9.19. The highest BCUT2D eigenvalue weighted by molar-refractivity contribution is 6.42. The largest absolute Gasteiger partial charge is 0.350 e. The average Bonchev–Trinajstić information content (AvgIpc) is 3.00. The number of carbonyl (C=O) groups is 2. The second kappa shape index (κ2) is 13.6. The number of hydrogen-bond donors (Lipinski definition) is 1. The van der Waals surface area contributed by atoms with Gasteiger partial charge in [-0.05, 0) is 86.9 Å². The van der Waals surface area contributed by atoms with E-state index >= 15 is 0 Å². The molecule has 3 aromatic rings. The summed E-state index contributed by atoms with van der Waals surface area (Å²) in [6.07, 6.45) is 6.64. The minimum atomic E-state index is -0.202. The maximum absolute atomic E-state index is 13.5. The molecule has 0 aliphatic carbocycles. The maximum atomic E-state index is 13.5. The van der Waals surface area contributed by atoms with E-state index in [1.165, 1.54) is 5.56 Å². The van der Waals surface area contributed by atoms with Gasteiger partial charge < -0.3 is 15.1 Å². The van der Waals surface area contributed by atoms with Gasteiger partial charge in [-0.3, -0.25) is 9.59 Å². The Balaban J connectivity index is 1.26. The Bertz CT molecular complexity index is 1360. The van der Waals surface area contributed by atoms with E-state index in [0.29, 0.717) is 16.6 Å². The standard InChI is InChI=1S/C35H41Cl2N3O2/c1-27(41)38-35(25-28-10-4-2-5-11-28)18-22-39(23-19-35)20-8-16-34(30-14-15-31(36)32(37)24-30)17-9-21-40(26-34)33(42)29-12-6-3-7-13-29/h2-7,10-15,24H,8-9,16-23,25-26H2,1H3,(H,38,41). The van der Waals surface area contributed by atoms with Crippen molar-refractivity contribution < 1.29 is 9.59 Å². The third-order valence-corrected chi connectivity index (χ3v) is 9.93. The number of likely N-dealkylation sites (tertiary alicyclic amines) is 2. The molecule has 222 valence electrons. The number of nitrogens with one attached hydrogen (secondary N) is 1. The second-order valence-electron chi connectivity index (χ2n) is 12.2. The summed E-state index contributed by atoms with van der Waals surface area (Å²) in [6, 6.07) is 26.0. The quantitative estimate of drug-likeness (QED) is 0.281. The fraction of sp³-hybridized carbons (Fsp3) is 0.429. The molecule has 0 aromatic heterocycles. The normalized spacial score (nSPS) is 20.7. The number of rotatable bonds is 9. The molecule has 5 nitrogen and oxygen atoms in total. The van der Waals surface area contributed by atoms with E-state index in [9.17, 15) is 9.59 Å². The molecule has 1 unspecified atom stereocenters. The molecule has 42 heavy (non-hydrogen) atoms. The molecule has 2 amide bonds. The number of amides is 2. The van der Waals surface area contributed by atoms with E-state index in [1.54, 1.807) is 6.92 Å². The first-order valence-electron chi connectivity index (χ1n) is 15.1. The molecule has 1 atom stereocenters. The average molecular weight is 607 g/mol. The first-order chi connectivity index (χ1) is 20.3. The van der Waals surface area contributed by atoms with Crippen LogP contribution in [0.1, 0.15) is 66.9 Å². The van der Waals surface area contributed by atoms with Gasteiger partial charge in [-0.2, -0.15) is 0 Å². The first kappa shape index (κ1) is 30.6. The van der Waals surface area contributed by atoms with Crippen molar-refractivity contribution in [3.05, 3.63) is 106 Å². The minimum Gasteiger partial charge on any atom is -0.350 e. The lowest BCUT2D eigenvalue weighted by Crippen LogP contribution is -2.56. The number of piperidine rings is 2. The number of benzene rings is 3. The molecule has 2 aliphatic heterocycles. The highest BCUT2D eigenvalue weighted by atomic mass is 35.5. The van der Waals surface area contributed by atoms with Gasteiger partial charge in [-0.1, -0.05) is 77.8 Å². The summed E-state index contributed by atoms with van der Waals surface area (Å²) >= 11 is 12.8. The fourth-order valence-corrected chi connectivity index (χ4v) is 7.33. The molecule has 0 radical (unpaired) electrons. The molecule has 0 spiro atoms. The van der Waals surface area contributed by atoms with E-state index in [0.717, 1.165) is 82.3 Å². The molecule has 0 saturated carbocycles. The van der Waals surface area contributed by atoms with Crippen molar-refractivity contribution in [2.75, 3.05) is 32.7 Å². The van der Waals surface area contributed by atoms with Crippen molar-refractivity contribution >= 4 is 35.0 Å². The van der Waals surface area contributed by atoms with Gasteiger partial charge in [-0.25, -0.2) is 0 Å². The lowest BCUT2D eigenvalue weighted by Gasteiger charge is -2.45. The molecular weight excluding hydrogens is 565 g/mol. The predicted molar refractivity (Wildman–Crippen MR) is 171 cm³/mol. The van der Waals surface area contributed by atoms with Crippen molar-refractivity contribution in [3.63, 3.8) is 0 Å². The number of halogens is 2. The van der Waals surface area contributed by atoms with E-state index in [-0.39, 0.29) is 22.8 Å².